The lowest BCUT2D eigenvalue weighted by Crippen LogP contribution is -2.70. The quantitative estimate of drug-likeness (QED) is 0.0503. The summed E-state index contributed by atoms with van der Waals surface area (Å²) in [6.07, 6.45) is 15.9. The van der Waals surface area contributed by atoms with Gasteiger partial charge in [-0.05, 0) is 120 Å². The molecular formula is C58H96N2O7. The van der Waals surface area contributed by atoms with Gasteiger partial charge in [-0.2, -0.15) is 0 Å². The van der Waals surface area contributed by atoms with Gasteiger partial charge in [0.1, 0.15) is 18.0 Å². The molecular weight excluding hydrogens is 837 g/mol. The van der Waals surface area contributed by atoms with Crippen molar-refractivity contribution < 1.29 is 33.8 Å². The molecule has 2 saturated heterocycles. The second-order valence-electron chi connectivity index (χ2n) is 22.9. The largest absolute Gasteiger partial charge is 0.507 e. The monoisotopic (exact) mass is 933 g/mol. The molecule has 0 radical (unpaired) electrons. The first kappa shape index (κ1) is 57.7. The van der Waals surface area contributed by atoms with Gasteiger partial charge in [0.25, 0.3) is 0 Å². The molecule has 2 heterocycles. The van der Waals surface area contributed by atoms with Gasteiger partial charge >= 0.3 is 11.9 Å². The molecule has 9 heteroatoms. The predicted molar refractivity (Wildman–Crippen MR) is 275 cm³/mol. The van der Waals surface area contributed by atoms with E-state index in [1.54, 1.807) is 0 Å². The number of aromatic hydroxyl groups is 1. The zero-order valence-corrected chi connectivity index (χ0v) is 45.5. The summed E-state index contributed by atoms with van der Waals surface area (Å²) < 4.78 is 13.8. The molecule has 2 aliphatic heterocycles. The number of carbonyl (C=O) groups excluding carboxylic acids is 4. The van der Waals surface area contributed by atoms with E-state index in [0.717, 1.165) is 42.4 Å². The highest BCUT2D eigenvalue weighted by molar-refractivity contribution is 6.01. The van der Waals surface area contributed by atoms with Gasteiger partial charge < -0.3 is 24.4 Å². The van der Waals surface area contributed by atoms with Gasteiger partial charge in [0.15, 0.2) is 5.41 Å². The molecule has 2 fully saturated rings. The van der Waals surface area contributed by atoms with Crippen LogP contribution in [0.15, 0.2) is 31.4 Å². The third-order valence-electron chi connectivity index (χ3n) is 17.6. The second-order valence-corrected chi connectivity index (χ2v) is 22.9. The van der Waals surface area contributed by atoms with Crippen LogP contribution >= 0.6 is 0 Å². The molecule has 0 spiro atoms. The Bertz CT molecular complexity index is 1820. The average Bonchev–Trinajstić information content (AvgIpc) is 3.28. The number of benzene rings is 1. The Morgan fingerprint density at radius 1 is 0.687 bits per heavy atom. The van der Waals surface area contributed by atoms with Crippen LogP contribution in [0.1, 0.15) is 228 Å². The highest BCUT2D eigenvalue weighted by atomic mass is 16.6. The highest BCUT2D eigenvalue weighted by Crippen LogP contribution is 2.51. The third kappa shape index (κ3) is 11.9. The lowest BCUT2D eigenvalue weighted by molar-refractivity contribution is -0.201. The minimum Gasteiger partial charge on any atom is -0.507 e. The molecule has 2 aliphatic rings. The molecule has 1 aromatic carbocycles. The number of likely N-dealkylation sites (tertiary alicyclic amines) is 2. The highest BCUT2D eigenvalue weighted by Gasteiger charge is 2.60. The lowest BCUT2D eigenvalue weighted by atomic mass is 9.67. The normalized spacial score (nSPS) is 28.7. The first-order chi connectivity index (χ1) is 31.2. The summed E-state index contributed by atoms with van der Waals surface area (Å²) in [4.78, 5) is 63.2. The SMILES string of the molecule is C=CC(=O)N1C(C)(CC)CC(OC(=O)C(CCCCCCCCCCCC)(Cc2c(C)cc(C(C)(C)C)c(O)c2C)C(=O)OC2CC(C)(CC)N(C(=O)C=C)C(C)(CC)C2C)C(C)C1(C)CC. The number of phenolic OH excluding ortho intramolecular Hbond substituents is 1. The molecule has 2 amide bonds. The average molecular weight is 933 g/mol. The fourth-order valence-corrected chi connectivity index (χ4v) is 12.0. The number of phenols is 1. The number of ether oxygens (including phenoxy) is 2. The van der Waals surface area contributed by atoms with Crippen LogP contribution < -0.4 is 0 Å². The van der Waals surface area contributed by atoms with E-state index in [-0.39, 0.29) is 47.7 Å². The van der Waals surface area contributed by atoms with E-state index in [0.29, 0.717) is 50.5 Å². The molecule has 8 atom stereocenters. The van der Waals surface area contributed by atoms with Gasteiger partial charge in [-0.15, -0.1) is 0 Å². The Morgan fingerprint density at radius 2 is 1.07 bits per heavy atom. The lowest BCUT2D eigenvalue weighted by Gasteiger charge is -2.60. The topological polar surface area (TPSA) is 113 Å². The maximum atomic E-state index is 15.9. The number of rotatable bonds is 23. The Labute approximate surface area is 408 Å². The van der Waals surface area contributed by atoms with Crippen LogP contribution in [-0.4, -0.2) is 73.0 Å². The Kier molecular flexibility index (Phi) is 20.1. The fraction of sp³-hybridized carbons (Fsp3) is 0.759. The Hall–Kier alpha value is -3.62. The van der Waals surface area contributed by atoms with E-state index < -0.39 is 51.7 Å². The number of hydrogen-bond donors (Lipinski definition) is 1. The van der Waals surface area contributed by atoms with Crippen LogP contribution in [0.5, 0.6) is 5.75 Å². The Morgan fingerprint density at radius 3 is 1.42 bits per heavy atom. The number of esters is 2. The van der Waals surface area contributed by atoms with Gasteiger partial charge in [-0.1, -0.05) is 153 Å². The summed E-state index contributed by atoms with van der Waals surface area (Å²) >= 11 is 0. The zero-order chi connectivity index (χ0) is 50.9. The van der Waals surface area contributed by atoms with Crippen molar-refractivity contribution in [1.29, 1.82) is 0 Å². The summed E-state index contributed by atoms with van der Waals surface area (Å²) in [7, 11) is 0. The van der Waals surface area contributed by atoms with E-state index in [4.69, 9.17) is 9.47 Å². The molecule has 0 aromatic heterocycles. The van der Waals surface area contributed by atoms with Crippen LogP contribution in [-0.2, 0) is 40.5 Å². The van der Waals surface area contributed by atoms with Crippen molar-refractivity contribution in [3.8, 4) is 5.75 Å². The first-order valence-corrected chi connectivity index (χ1v) is 26.4. The van der Waals surface area contributed by atoms with Crippen molar-refractivity contribution in [3.63, 3.8) is 0 Å². The van der Waals surface area contributed by atoms with E-state index in [1.807, 2.05) is 29.7 Å². The molecule has 1 N–H and O–H groups in total. The van der Waals surface area contributed by atoms with Crippen LogP contribution in [0.2, 0.25) is 0 Å². The number of carbonyl (C=O) groups is 4. The predicted octanol–water partition coefficient (Wildman–Crippen LogP) is 13.8. The van der Waals surface area contributed by atoms with Crippen molar-refractivity contribution in [2.24, 2.45) is 17.3 Å². The van der Waals surface area contributed by atoms with Gasteiger partial charge in [-0.25, -0.2) is 0 Å². The maximum Gasteiger partial charge on any atom is 0.324 e. The summed E-state index contributed by atoms with van der Waals surface area (Å²) in [5, 5.41) is 11.9. The number of aryl methyl sites for hydroxylation is 1. The summed E-state index contributed by atoms with van der Waals surface area (Å²) in [5.41, 5.74) is -1.73. The maximum absolute atomic E-state index is 15.9. The first-order valence-electron chi connectivity index (χ1n) is 26.4. The number of amides is 2. The molecule has 1 aromatic rings. The third-order valence-corrected chi connectivity index (χ3v) is 17.6. The van der Waals surface area contributed by atoms with Gasteiger partial charge in [0, 0.05) is 46.8 Å². The van der Waals surface area contributed by atoms with Crippen molar-refractivity contribution in [2.75, 3.05) is 0 Å². The molecule has 8 unspecified atom stereocenters. The van der Waals surface area contributed by atoms with Crippen LogP contribution in [0.25, 0.3) is 0 Å². The van der Waals surface area contributed by atoms with Crippen molar-refractivity contribution in [3.05, 3.63) is 53.6 Å². The van der Waals surface area contributed by atoms with E-state index in [1.165, 1.54) is 44.3 Å². The second kappa shape index (κ2) is 23.3. The molecule has 0 aliphatic carbocycles. The van der Waals surface area contributed by atoms with Gasteiger partial charge in [0.05, 0.1) is 0 Å². The van der Waals surface area contributed by atoms with Crippen molar-refractivity contribution in [2.45, 2.75) is 266 Å². The zero-order valence-electron chi connectivity index (χ0n) is 45.5. The van der Waals surface area contributed by atoms with Crippen LogP contribution in [0, 0.1) is 31.1 Å². The number of unbranched alkanes of at least 4 members (excludes halogenated alkanes) is 9. The molecule has 3 rings (SSSR count). The van der Waals surface area contributed by atoms with Crippen LogP contribution in [0.3, 0.4) is 0 Å². The molecule has 0 saturated carbocycles. The van der Waals surface area contributed by atoms with E-state index in [2.05, 4.69) is 110 Å². The minimum absolute atomic E-state index is 0.00568. The summed E-state index contributed by atoms with van der Waals surface area (Å²) in [5.74, 6) is -1.93. The van der Waals surface area contributed by atoms with Crippen molar-refractivity contribution in [1.82, 2.24) is 9.80 Å². The van der Waals surface area contributed by atoms with E-state index >= 15 is 9.59 Å². The molecule has 9 nitrogen and oxygen atoms in total. The number of piperidine rings is 2. The molecule has 67 heavy (non-hydrogen) atoms. The van der Waals surface area contributed by atoms with E-state index in [9.17, 15) is 14.7 Å². The Balaban J connectivity index is 2.30. The summed E-state index contributed by atoms with van der Waals surface area (Å²) in [6.45, 7) is 40.7. The molecule has 380 valence electrons. The van der Waals surface area contributed by atoms with Crippen molar-refractivity contribution >= 4 is 23.8 Å². The summed E-state index contributed by atoms with van der Waals surface area (Å²) in [6, 6.07) is 2.00. The minimum atomic E-state index is -1.77. The molecule has 0 bridgehead atoms. The van der Waals surface area contributed by atoms with Crippen LogP contribution in [0.4, 0.5) is 0 Å². The standard InChI is InChI=1S/C58H96N2O7/c1-19-26-27-28-29-30-31-32-33-34-35-58(37-44-40(8)36-45(53(12,13)14)50(63)41(44)9,51(64)66-46-38-54(15,22-4)59(48(61)20-2)56(17,24-6)42(46)10)52(65)67-47-39-55(16,23-5)60(49(62)21-3)57(18,25-7)43(47)11/h20-21,36,42-43,46-47,63H,2-3,19,22-35,37-39H2,1,4-18H3. The number of hydrogen-bond acceptors (Lipinski definition) is 7. The van der Waals surface area contributed by atoms with Gasteiger partial charge in [-0.3, -0.25) is 19.2 Å². The smallest absolute Gasteiger partial charge is 0.324 e. The van der Waals surface area contributed by atoms with Gasteiger partial charge in [0.2, 0.25) is 11.8 Å². The fourth-order valence-electron chi connectivity index (χ4n) is 12.0. The number of nitrogens with zero attached hydrogens (tertiary/aromatic N) is 2.